The highest BCUT2D eigenvalue weighted by Gasteiger charge is 1.83. The van der Waals surface area contributed by atoms with Crippen LogP contribution >= 0.6 is 0 Å². The van der Waals surface area contributed by atoms with Crippen molar-refractivity contribution >= 4 is 0 Å². The number of rotatable bonds is 3. The van der Waals surface area contributed by atoms with E-state index >= 15 is 0 Å². The summed E-state index contributed by atoms with van der Waals surface area (Å²) in [4.78, 5) is 10.7. The first-order valence-corrected chi connectivity index (χ1v) is 3.76. The van der Waals surface area contributed by atoms with Crippen molar-refractivity contribution in [3.8, 4) is 0 Å². The molecule has 2 nitrogen and oxygen atoms in total. The highest BCUT2D eigenvalue weighted by atomic mass is 16.1. The van der Waals surface area contributed by atoms with Gasteiger partial charge in [-0.2, -0.15) is 0 Å². The van der Waals surface area contributed by atoms with Crippen LogP contribution in [0.4, 0.5) is 0 Å². The summed E-state index contributed by atoms with van der Waals surface area (Å²) in [5.41, 5.74) is 0.0407. The van der Waals surface area contributed by atoms with Crippen molar-refractivity contribution in [2.75, 3.05) is 0 Å². The van der Waals surface area contributed by atoms with E-state index in [4.69, 9.17) is 0 Å². The van der Waals surface area contributed by atoms with Crippen molar-refractivity contribution < 1.29 is 0 Å². The molecule has 0 amide bonds. The average Bonchev–Trinajstić information content (AvgIpc) is 2.09. The zero-order chi connectivity index (χ0) is 8.81. The van der Waals surface area contributed by atoms with E-state index in [1.807, 2.05) is 16.7 Å². The van der Waals surface area contributed by atoms with Crippen molar-refractivity contribution in [2.24, 2.45) is 0 Å². The number of nitrogens with zero attached hydrogens (tertiary/aromatic N) is 1. The second-order valence-corrected chi connectivity index (χ2v) is 2.39. The maximum Gasteiger partial charge on any atom is 0.181 e. The van der Waals surface area contributed by atoms with Crippen molar-refractivity contribution in [3.05, 3.63) is 59.6 Å². The molecule has 2 heteroatoms. The Morgan fingerprint density at radius 1 is 1.42 bits per heavy atom. The Morgan fingerprint density at radius 2 is 2.08 bits per heavy atom. The Bertz CT molecular complexity index is 315. The molecule has 0 N–H and O–H groups in total. The molecule has 1 aromatic rings. The third-order valence-corrected chi connectivity index (χ3v) is 1.45. The lowest BCUT2D eigenvalue weighted by Gasteiger charge is -1.98. The highest BCUT2D eigenvalue weighted by Crippen LogP contribution is 1.85. The molecular weight excluding hydrogens is 150 g/mol. The van der Waals surface area contributed by atoms with Crippen LogP contribution in [-0.4, -0.2) is 4.57 Å². The van der Waals surface area contributed by atoms with Gasteiger partial charge in [-0.25, -0.2) is 0 Å². The van der Waals surface area contributed by atoms with Crippen LogP contribution < -0.4 is 5.43 Å². The van der Waals surface area contributed by atoms with E-state index in [1.54, 1.807) is 30.6 Å². The summed E-state index contributed by atoms with van der Waals surface area (Å²) in [5, 5.41) is 0. The molecule has 62 valence electrons. The van der Waals surface area contributed by atoms with E-state index in [0.29, 0.717) is 0 Å². The predicted molar refractivity (Wildman–Crippen MR) is 50.0 cm³/mol. The number of allylic oxidation sites excluding steroid dienone is 3. The van der Waals surface area contributed by atoms with Crippen LogP contribution in [0, 0.1) is 0 Å². The standard InChI is InChI=1S/C10H11NO/c1-2-3-4-7-11-8-5-10(12)6-9-11/h2-6,8-9H,1,7H2/b4-3+. The van der Waals surface area contributed by atoms with Gasteiger partial charge in [0.25, 0.3) is 0 Å². The lowest BCUT2D eigenvalue weighted by Crippen LogP contribution is -2.02. The van der Waals surface area contributed by atoms with Gasteiger partial charge in [0.05, 0.1) is 0 Å². The summed E-state index contributed by atoms with van der Waals surface area (Å²) in [6, 6.07) is 3.09. The molecule has 1 rings (SSSR count). The first kappa shape index (κ1) is 8.53. The van der Waals surface area contributed by atoms with E-state index in [-0.39, 0.29) is 5.43 Å². The first-order valence-electron chi connectivity index (χ1n) is 3.76. The number of hydrogen-bond acceptors (Lipinski definition) is 1. The minimum atomic E-state index is 0.0407. The summed E-state index contributed by atoms with van der Waals surface area (Å²) >= 11 is 0. The minimum absolute atomic E-state index is 0.0407. The molecule has 0 aromatic carbocycles. The molecule has 0 atom stereocenters. The second kappa shape index (κ2) is 4.34. The molecular formula is C10H11NO. The molecule has 0 spiro atoms. The van der Waals surface area contributed by atoms with E-state index in [9.17, 15) is 4.79 Å². The Balaban J connectivity index is 2.64. The van der Waals surface area contributed by atoms with Gasteiger partial charge in [-0.05, 0) is 0 Å². The largest absolute Gasteiger partial charge is 0.350 e. The van der Waals surface area contributed by atoms with Crippen LogP contribution in [0.2, 0.25) is 0 Å². The topological polar surface area (TPSA) is 22.0 Å². The lowest BCUT2D eigenvalue weighted by atomic mass is 10.4. The Kier molecular flexibility index (Phi) is 3.08. The molecule has 0 aliphatic heterocycles. The molecule has 0 unspecified atom stereocenters. The maximum absolute atomic E-state index is 10.7. The number of pyridine rings is 1. The molecule has 0 aliphatic carbocycles. The molecule has 0 fully saturated rings. The van der Waals surface area contributed by atoms with Crippen molar-refractivity contribution in [2.45, 2.75) is 6.54 Å². The molecule has 1 heterocycles. The average molecular weight is 161 g/mol. The van der Waals surface area contributed by atoms with Gasteiger partial charge >= 0.3 is 0 Å². The minimum Gasteiger partial charge on any atom is -0.350 e. The number of hydrogen-bond donors (Lipinski definition) is 0. The smallest absolute Gasteiger partial charge is 0.181 e. The second-order valence-electron chi connectivity index (χ2n) is 2.39. The van der Waals surface area contributed by atoms with E-state index in [1.165, 1.54) is 0 Å². The van der Waals surface area contributed by atoms with Gasteiger partial charge in [0.2, 0.25) is 0 Å². The molecule has 0 saturated heterocycles. The SMILES string of the molecule is C=C/C=C/Cn1ccc(=O)cc1. The van der Waals surface area contributed by atoms with Gasteiger partial charge in [-0.3, -0.25) is 4.79 Å². The lowest BCUT2D eigenvalue weighted by molar-refractivity contribution is 0.811. The molecule has 1 aromatic heterocycles. The fourth-order valence-electron chi connectivity index (χ4n) is 0.844. The van der Waals surface area contributed by atoms with E-state index in [0.717, 1.165) is 6.54 Å². The number of aromatic nitrogens is 1. The van der Waals surface area contributed by atoms with Gasteiger partial charge in [-0.15, -0.1) is 0 Å². The van der Waals surface area contributed by atoms with Gasteiger partial charge < -0.3 is 4.57 Å². The quantitative estimate of drug-likeness (QED) is 0.617. The van der Waals surface area contributed by atoms with Crippen LogP contribution in [-0.2, 0) is 6.54 Å². The van der Waals surface area contributed by atoms with Gasteiger partial charge in [0, 0.05) is 31.1 Å². The summed E-state index contributed by atoms with van der Waals surface area (Å²) in [6.07, 6.45) is 9.09. The Morgan fingerprint density at radius 3 is 2.67 bits per heavy atom. The van der Waals surface area contributed by atoms with E-state index in [2.05, 4.69) is 6.58 Å². The van der Waals surface area contributed by atoms with Gasteiger partial charge in [0.1, 0.15) is 0 Å². The van der Waals surface area contributed by atoms with E-state index < -0.39 is 0 Å². The summed E-state index contributed by atoms with van der Waals surface area (Å²) in [5.74, 6) is 0. The molecule has 0 aliphatic rings. The maximum atomic E-state index is 10.7. The summed E-state index contributed by atoms with van der Waals surface area (Å²) in [7, 11) is 0. The van der Waals surface area contributed by atoms with Crippen LogP contribution in [0.15, 0.2) is 54.1 Å². The monoisotopic (exact) mass is 161 g/mol. The molecule has 0 saturated carbocycles. The van der Waals surface area contributed by atoms with Gasteiger partial charge in [-0.1, -0.05) is 24.8 Å². The van der Waals surface area contributed by atoms with Crippen molar-refractivity contribution in [1.29, 1.82) is 0 Å². The molecule has 0 radical (unpaired) electrons. The zero-order valence-corrected chi connectivity index (χ0v) is 6.81. The third-order valence-electron chi connectivity index (χ3n) is 1.45. The van der Waals surface area contributed by atoms with Crippen molar-refractivity contribution in [3.63, 3.8) is 0 Å². The third kappa shape index (κ3) is 2.58. The fraction of sp³-hybridized carbons (Fsp3) is 0.100. The van der Waals surface area contributed by atoms with Crippen molar-refractivity contribution in [1.82, 2.24) is 4.57 Å². The van der Waals surface area contributed by atoms with Crippen LogP contribution in [0.5, 0.6) is 0 Å². The zero-order valence-electron chi connectivity index (χ0n) is 6.81. The van der Waals surface area contributed by atoms with Crippen LogP contribution in [0.25, 0.3) is 0 Å². The summed E-state index contributed by atoms with van der Waals surface area (Å²) < 4.78 is 1.92. The predicted octanol–water partition coefficient (Wildman–Crippen LogP) is 1.59. The Labute approximate surface area is 71.5 Å². The highest BCUT2D eigenvalue weighted by molar-refractivity contribution is 4.99. The summed E-state index contributed by atoms with van der Waals surface area (Å²) in [6.45, 7) is 4.33. The molecule has 12 heavy (non-hydrogen) atoms. The molecule has 0 bridgehead atoms. The van der Waals surface area contributed by atoms with Crippen LogP contribution in [0.1, 0.15) is 0 Å². The normalized spacial score (nSPS) is 10.3. The first-order chi connectivity index (χ1) is 5.83. The Hall–Kier alpha value is -1.57. The van der Waals surface area contributed by atoms with Crippen LogP contribution in [0.3, 0.4) is 0 Å². The fourth-order valence-corrected chi connectivity index (χ4v) is 0.844. The van der Waals surface area contributed by atoms with Gasteiger partial charge in [0.15, 0.2) is 5.43 Å².